The molecule has 7 aliphatic heterocycles. The van der Waals surface area contributed by atoms with Gasteiger partial charge in [-0.2, -0.15) is 0 Å². The number of rotatable bonds is 15. The molecular weight excluding hydrogens is 1260 g/mol. The SMILES string of the molecule is C[C@@H]1CC[C@@]2(OC1)O[C@H]1C[C@H]3[C@@H]4CC=C5C[C@@H](O[C@@H]6OC[C@@H]7OC(C)(C)O[C@@H]7[C@H]6O[C@@H]6O[C@@H](C)[C@H](O[C@@H]7O[C@H](COC(=O)c8ccccc8)[C@H](OC(=O)c8ccccc8)[C@H](OC(=O)c8ccccc8)[C@H]7OC(=O)c7ccccc7)[C@H]7OC(C)(C)O[C@@H]67)CC[C@]5(C)[C@H]4CC[C@]3(C)[C@H]1[C@@H]2C. The van der Waals surface area contributed by atoms with Crippen LogP contribution >= 0.6 is 0 Å². The topological polar surface area (TPSA) is 216 Å². The number of ether oxygens (including phenoxy) is 16. The fourth-order valence-electron chi connectivity index (χ4n) is 19.1. The van der Waals surface area contributed by atoms with Crippen LogP contribution in [-0.4, -0.2) is 159 Å². The second-order valence-electron chi connectivity index (χ2n) is 30.8. The van der Waals surface area contributed by atoms with Crippen molar-refractivity contribution in [3.8, 4) is 0 Å². The summed E-state index contributed by atoms with van der Waals surface area (Å²) < 4.78 is 108. The minimum atomic E-state index is -1.70. The molecule has 0 bridgehead atoms. The first-order valence-corrected chi connectivity index (χ1v) is 35.7. The first kappa shape index (κ1) is 67.8. The van der Waals surface area contributed by atoms with E-state index in [-0.39, 0.29) is 51.9 Å². The highest BCUT2D eigenvalue weighted by atomic mass is 16.8. The summed E-state index contributed by atoms with van der Waals surface area (Å²) in [5.74, 6) is -2.72. The van der Waals surface area contributed by atoms with Gasteiger partial charge >= 0.3 is 23.9 Å². The molecule has 10 fully saturated rings. The molecule has 526 valence electrons. The van der Waals surface area contributed by atoms with Crippen LogP contribution < -0.4 is 0 Å². The van der Waals surface area contributed by atoms with Crippen LogP contribution in [0.2, 0.25) is 0 Å². The van der Waals surface area contributed by atoms with Gasteiger partial charge in [0.15, 0.2) is 54.5 Å². The first-order valence-electron chi connectivity index (χ1n) is 35.7. The van der Waals surface area contributed by atoms with Gasteiger partial charge in [-0.25, -0.2) is 19.2 Å². The molecule has 20 nitrogen and oxygen atoms in total. The Labute approximate surface area is 573 Å². The molecule has 25 atom stereocenters. The maximum absolute atomic E-state index is 14.6. The number of carbonyl (C=O) groups excluding carboxylic acids is 4. The molecule has 0 unspecified atom stereocenters. The highest BCUT2D eigenvalue weighted by Crippen LogP contribution is 2.71. The monoisotopic (exact) mass is 1350 g/mol. The molecule has 15 rings (SSSR count). The first-order chi connectivity index (χ1) is 47.1. The summed E-state index contributed by atoms with van der Waals surface area (Å²) >= 11 is 0. The van der Waals surface area contributed by atoms with Crippen LogP contribution in [-0.2, 0) is 75.8 Å². The Balaban J connectivity index is 0.698. The summed E-state index contributed by atoms with van der Waals surface area (Å²) in [5.41, 5.74) is 2.38. The number of fused-ring (bicyclic) bond motifs is 9. The van der Waals surface area contributed by atoms with Gasteiger partial charge in [-0.15, -0.1) is 0 Å². The lowest BCUT2D eigenvalue weighted by atomic mass is 9.47. The van der Waals surface area contributed by atoms with Crippen molar-refractivity contribution in [3.05, 3.63) is 155 Å². The van der Waals surface area contributed by atoms with Gasteiger partial charge in [0.25, 0.3) is 0 Å². The number of benzene rings is 4. The maximum atomic E-state index is 14.6. The molecule has 1 spiro atoms. The Morgan fingerprint density at radius 1 is 0.510 bits per heavy atom. The number of esters is 4. The smallest absolute Gasteiger partial charge is 0.338 e. The highest BCUT2D eigenvalue weighted by molar-refractivity contribution is 5.91. The molecule has 0 N–H and O–H groups in total. The van der Waals surface area contributed by atoms with Gasteiger partial charge < -0.3 is 75.8 Å². The van der Waals surface area contributed by atoms with Gasteiger partial charge in [-0.1, -0.05) is 112 Å². The summed E-state index contributed by atoms with van der Waals surface area (Å²) in [6, 6.07) is 32.9. The van der Waals surface area contributed by atoms with Crippen LogP contribution in [0.3, 0.4) is 0 Å². The zero-order valence-corrected chi connectivity index (χ0v) is 57.5. The normalized spacial score (nSPS) is 41.8. The zero-order chi connectivity index (χ0) is 68.0. The van der Waals surface area contributed by atoms with Crippen molar-refractivity contribution in [2.45, 2.75) is 236 Å². The molecule has 7 saturated heterocycles. The second-order valence-corrected chi connectivity index (χ2v) is 30.8. The van der Waals surface area contributed by atoms with Crippen molar-refractivity contribution in [1.29, 1.82) is 0 Å². The predicted molar refractivity (Wildman–Crippen MR) is 350 cm³/mol. The Hall–Kier alpha value is -5.98. The molecule has 4 aromatic carbocycles. The van der Waals surface area contributed by atoms with E-state index in [0.29, 0.717) is 35.5 Å². The summed E-state index contributed by atoms with van der Waals surface area (Å²) in [7, 11) is 0. The van der Waals surface area contributed by atoms with E-state index in [0.717, 1.165) is 51.6 Å². The van der Waals surface area contributed by atoms with E-state index >= 15 is 0 Å². The van der Waals surface area contributed by atoms with E-state index in [4.69, 9.17) is 75.8 Å². The Kier molecular flexibility index (Phi) is 18.5. The zero-order valence-electron chi connectivity index (χ0n) is 57.5. The molecule has 98 heavy (non-hydrogen) atoms. The standard InChI is InChI=1S/C78H94O20/c1-43-32-37-78(85-40-43)44(2)58-55(95-78)39-54-52-31-30-50-38-51(33-35-76(50,8)53(52)34-36-77(54,58)9)87-71-64(61-57(42-84-71)94-74(4,5)96-61)93-73-66-63(97-75(6,7)98-66)59(45(3)86-73)92-72-65(91-70(82)49-28-20-13-21-29-49)62(90-69(81)48-26-18-12-19-27-48)60(89-68(80)47-24-16-11-17-25-47)56(88-72)41-83-67(79)46-22-14-10-15-23-46/h10-30,43-45,51-66,71-73H,31-42H2,1-9H3/t43-,44+,45+,51+,52-,53+,54+,55+,56-,57+,58+,59+,60+,61+,62+,63-,64-,65-,66-,71+,72+,73+,76+,77+,78-/m1/s1. The number of allylic oxidation sites excluding steroid dienone is 1. The maximum Gasteiger partial charge on any atom is 0.338 e. The van der Waals surface area contributed by atoms with Crippen LogP contribution in [0, 0.1) is 46.3 Å². The highest BCUT2D eigenvalue weighted by Gasteiger charge is 2.69. The molecule has 0 amide bonds. The van der Waals surface area contributed by atoms with E-state index in [2.05, 4.69) is 33.8 Å². The number of hydrogen-bond donors (Lipinski definition) is 0. The molecule has 20 heteroatoms. The van der Waals surface area contributed by atoms with E-state index in [1.807, 2.05) is 13.8 Å². The predicted octanol–water partition coefficient (Wildman–Crippen LogP) is 11.9. The Morgan fingerprint density at radius 3 is 1.72 bits per heavy atom. The molecule has 3 saturated carbocycles. The third-order valence-electron chi connectivity index (χ3n) is 23.8. The van der Waals surface area contributed by atoms with Crippen LogP contribution in [0.4, 0.5) is 0 Å². The summed E-state index contributed by atoms with van der Waals surface area (Å²) in [5, 5.41) is 0. The Morgan fingerprint density at radius 2 is 1.09 bits per heavy atom. The summed E-state index contributed by atoms with van der Waals surface area (Å²) in [6.45, 7) is 19.3. The summed E-state index contributed by atoms with van der Waals surface area (Å²) in [4.78, 5) is 57.2. The second kappa shape index (κ2) is 26.8. The van der Waals surface area contributed by atoms with Crippen LogP contribution in [0.25, 0.3) is 0 Å². The fraction of sp³-hybridized carbons (Fsp3) is 0.615. The minimum absolute atomic E-state index is 0.0397. The van der Waals surface area contributed by atoms with Gasteiger partial charge in [0.05, 0.1) is 53.8 Å². The van der Waals surface area contributed by atoms with Gasteiger partial charge in [0.1, 0.15) is 49.3 Å². The lowest BCUT2D eigenvalue weighted by Crippen LogP contribution is -2.66. The van der Waals surface area contributed by atoms with Crippen LogP contribution in [0.1, 0.15) is 162 Å². The largest absolute Gasteiger partial charge is 0.459 e. The van der Waals surface area contributed by atoms with Gasteiger partial charge in [0.2, 0.25) is 0 Å². The lowest BCUT2D eigenvalue weighted by Gasteiger charge is -2.58. The Bertz CT molecular complexity index is 3540. The molecule has 0 aromatic heterocycles. The van der Waals surface area contributed by atoms with Gasteiger partial charge in [-0.3, -0.25) is 0 Å². The van der Waals surface area contributed by atoms with E-state index in [1.165, 1.54) is 18.4 Å². The van der Waals surface area contributed by atoms with Crippen molar-refractivity contribution in [1.82, 2.24) is 0 Å². The molecular formula is C78H94O20. The molecule has 11 aliphatic rings. The average Bonchev–Trinajstić information content (AvgIpc) is 1.48. The van der Waals surface area contributed by atoms with Crippen molar-refractivity contribution in [2.75, 3.05) is 19.8 Å². The van der Waals surface area contributed by atoms with E-state index in [9.17, 15) is 19.2 Å². The molecule has 0 radical (unpaired) electrons. The van der Waals surface area contributed by atoms with Crippen molar-refractivity contribution < 1.29 is 95.0 Å². The quantitative estimate of drug-likeness (QED) is 0.0614. The molecule has 4 aromatic rings. The van der Waals surface area contributed by atoms with Gasteiger partial charge in [-0.05, 0) is 175 Å². The van der Waals surface area contributed by atoms with Gasteiger partial charge in [0, 0.05) is 12.3 Å². The van der Waals surface area contributed by atoms with E-state index in [1.54, 1.807) is 142 Å². The third kappa shape index (κ3) is 12.8. The third-order valence-corrected chi connectivity index (χ3v) is 23.8. The average molecular weight is 1350 g/mol. The molecule has 7 heterocycles. The molecule has 4 aliphatic carbocycles. The number of carbonyl (C=O) groups is 4. The van der Waals surface area contributed by atoms with E-state index < -0.39 is 134 Å². The summed E-state index contributed by atoms with van der Waals surface area (Å²) in [6.07, 6.45) is -4.28. The van der Waals surface area contributed by atoms with Crippen molar-refractivity contribution in [3.63, 3.8) is 0 Å². The fourth-order valence-corrected chi connectivity index (χ4v) is 19.1. The van der Waals surface area contributed by atoms with Crippen molar-refractivity contribution in [2.24, 2.45) is 46.3 Å². The van der Waals surface area contributed by atoms with Crippen molar-refractivity contribution >= 4 is 23.9 Å². The minimum Gasteiger partial charge on any atom is -0.459 e. The van der Waals surface area contributed by atoms with Crippen LogP contribution in [0.15, 0.2) is 133 Å². The van der Waals surface area contributed by atoms with Crippen LogP contribution in [0.5, 0.6) is 0 Å². The number of hydrogen-bond acceptors (Lipinski definition) is 20. The lowest BCUT2D eigenvalue weighted by molar-refractivity contribution is -0.364.